The molecule has 1 N–H and O–H groups in total. The minimum atomic E-state index is -0.745. The fourth-order valence-corrected chi connectivity index (χ4v) is 3.03. The number of esters is 1. The first kappa shape index (κ1) is 18.3. The number of ether oxygens (including phenoxy) is 2. The van der Waals surface area contributed by atoms with E-state index < -0.39 is 23.7 Å². The number of halogens is 2. The Morgan fingerprint density at radius 3 is 2.77 bits per heavy atom. The number of aromatic nitrogens is 1. The van der Waals surface area contributed by atoms with Crippen molar-refractivity contribution in [2.24, 2.45) is 5.92 Å². The number of aliphatic hydroxyl groups excluding tert-OH is 1. The van der Waals surface area contributed by atoms with Gasteiger partial charge in [-0.05, 0) is 43.0 Å². The van der Waals surface area contributed by atoms with Gasteiger partial charge in [0.15, 0.2) is 5.69 Å². The number of hydrogen-bond acceptors (Lipinski definition) is 5. The van der Waals surface area contributed by atoms with E-state index in [9.17, 15) is 18.7 Å². The topological polar surface area (TPSA) is 68.7 Å². The van der Waals surface area contributed by atoms with Gasteiger partial charge >= 0.3 is 5.97 Å². The summed E-state index contributed by atoms with van der Waals surface area (Å²) in [6, 6.07) is 4.69. The van der Waals surface area contributed by atoms with E-state index in [2.05, 4.69) is 4.98 Å². The second-order valence-electron chi connectivity index (χ2n) is 6.20. The highest BCUT2D eigenvalue weighted by Crippen LogP contribution is 2.38. The van der Waals surface area contributed by atoms with Crippen molar-refractivity contribution in [2.45, 2.75) is 26.4 Å². The van der Waals surface area contributed by atoms with Crippen LogP contribution in [0.3, 0.4) is 0 Å². The van der Waals surface area contributed by atoms with Crippen molar-refractivity contribution >= 4 is 5.97 Å². The monoisotopic (exact) mass is 363 g/mol. The van der Waals surface area contributed by atoms with Crippen LogP contribution in [0.4, 0.5) is 8.78 Å². The van der Waals surface area contributed by atoms with Crippen molar-refractivity contribution in [3.8, 4) is 17.0 Å². The Kier molecular flexibility index (Phi) is 5.18. The standard InChI is InChI=1S/C19H19F2NO4/c1-3-25-19(24)16-8-13(12-5-4-11(20)7-15(12)21)14-6-10(2)17(9-23)26-18(14)22-16/h4-5,7-8,10,17,23H,3,6,9H2,1-2H3/t10-,17-/m1/s1. The van der Waals surface area contributed by atoms with Crippen LogP contribution in [-0.4, -0.2) is 35.4 Å². The van der Waals surface area contributed by atoms with E-state index in [0.717, 1.165) is 12.1 Å². The number of benzene rings is 1. The third kappa shape index (κ3) is 3.39. The highest BCUT2D eigenvalue weighted by Gasteiger charge is 2.31. The minimum absolute atomic E-state index is 0.0319. The van der Waals surface area contributed by atoms with Gasteiger partial charge in [-0.15, -0.1) is 0 Å². The molecule has 138 valence electrons. The van der Waals surface area contributed by atoms with Gasteiger partial charge in [-0.25, -0.2) is 18.6 Å². The summed E-state index contributed by atoms with van der Waals surface area (Å²) >= 11 is 0. The Morgan fingerprint density at radius 2 is 2.12 bits per heavy atom. The molecule has 0 aliphatic carbocycles. The molecule has 0 radical (unpaired) electrons. The summed E-state index contributed by atoms with van der Waals surface area (Å²) in [6.07, 6.45) is 0.00127. The highest BCUT2D eigenvalue weighted by molar-refractivity contribution is 5.90. The molecule has 26 heavy (non-hydrogen) atoms. The van der Waals surface area contributed by atoms with Gasteiger partial charge in [0.25, 0.3) is 0 Å². The zero-order valence-corrected chi connectivity index (χ0v) is 14.5. The van der Waals surface area contributed by atoms with Crippen LogP contribution >= 0.6 is 0 Å². The van der Waals surface area contributed by atoms with Crippen LogP contribution in [0, 0.1) is 17.6 Å². The van der Waals surface area contributed by atoms with Gasteiger partial charge in [0, 0.05) is 17.2 Å². The van der Waals surface area contributed by atoms with Gasteiger partial charge in [0.2, 0.25) is 5.88 Å². The maximum atomic E-state index is 14.4. The van der Waals surface area contributed by atoms with E-state index in [1.54, 1.807) is 6.92 Å². The molecule has 3 rings (SSSR count). The fourth-order valence-electron chi connectivity index (χ4n) is 3.03. The summed E-state index contributed by atoms with van der Waals surface area (Å²) in [4.78, 5) is 16.3. The lowest BCUT2D eigenvalue weighted by Gasteiger charge is -2.31. The van der Waals surface area contributed by atoms with Gasteiger partial charge in [-0.2, -0.15) is 0 Å². The Morgan fingerprint density at radius 1 is 1.35 bits per heavy atom. The average Bonchev–Trinajstić information content (AvgIpc) is 2.61. The number of rotatable bonds is 4. The van der Waals surface area contributed by atoms with E-state index in [1.807, 2.05) is 6.92 Å². The first-order valence-corrected chi connectivity index (χ1v) is 8.38. The summed E-state index contributed by atoms with van der Waals surface area (Å²) in [5.74, 6) is -1.98. The van der Waals surface area contributed by atoms with Crippen LogP contribution in [0.2, 0.25) is 0 Å². The Balaban J connectivity index is 2.18. The first-order valence-electron chi connectivity index (χ1n) is 8.38. The van der Waals surface area contributed by atoms with Gasteiger partial charge < -0.3 is 14.6 Å². The molecular formula is C19H19F2NO4. The summed E-state index contributed by atoms with van der Waals surface area (Å²) in [5, 5.41) is 9.46. The lowest BCUT2D eigenvalue weighted by molar-refractivity contribution is 0.0491. The first-order chi connectivity index (χ1) is 12.4. The van der Waals surface area contributed by atoms with Gasteiger partial charge in [-0.3, -0.25) is 0 Å². The molecule has 0 fully saturated rings. The van der Waals surface area contributed by atoms with Gasteiger partial charge in [0.1, 0.15) is 17.7 Å². The lowest BCUT2D eigenvalue weighted by atomic mass is 9.88. The molecule has 0 saturated carbocycles. The summed E-state index contributed by atoms with van der Waals surface area (Å²) < 4.78 is 38.4. The fraction of sp³-hybridized carbons (Fsp3) is 0.368. The molecular weight excluding hydrogens is 344 g/mol. The minimum Gasteiger partial charge on any atom is -0.471 e. The number of carbonyl (C=O) groups excluding carboxylic acids is 1. The van der Waals surface area contributed by atoms with Crippen molar-refractivity contribution in [1.82, 2.24) is 4.98 Å². The van der Waals surface area contributed by atoms with Crippen LogP contribution in [0.25, 0.3) is 11.1 Å². The van der Waals surface area contributed by atoms with Crippen LogP contribution in [0.1, 0.15) is 29.9 Å². The van der Waals surface area contributed by atoms with E-state index in [0.29, 0.717) is 17.5 Å². The van der Waals surface area contributed by atoms with Crippen molar-refractivity contribution < 1.29 is 28.2 Å². The molecule has 0 bridgehead atoms. The molecule has 2 heterocycles. The lowest BCUT2D eigenvalue weighted by Crippen LogP contribution is -2.35. The molecule has 1 aliphatic heterocycles. The number of carbonyl (C=O) groups is 1. The zero-order valence-electron chi connectivity index (χ0n) is 14.5. The van der Waals surface area contributed by atoms with Gasteiger partial charge in [-0.1, -0.05) is 6.92 Å². The molecule has 7 heteroatoms. The summed E-state index contributed by atoms with van der Waals surface area (Å²) in [6.45, 7) is 3.52. The quantitative estimate of drug-likeness (QED) is 0.846. The largest absolute Gasteiger partial charge is 0.471 e. The molecule has 0 amide bonds. The maximum Gasteiger partial charge on any atom is 0.357 e. The van der Waals surface area contributed by atoms with Crippen LogP contribution in [-0.2, 0) is 11.2 Å². The molecule has 0 unspecified atom stereocenters. The van der Waals surface area contributed by atoms with Gasteiger partial charge in [0.05, 0.1) is 13.2 Å². The normalized spacial score (nSPS) is 18.8. The summed E-state index contributed by atoms with van der Waals surface area (Å²) in [5.41, 5.74) is 1.13. The molecule has 1 aliphatic rings. The van der Waals surface area contributed by atoms with Crippen molar-refractivity contribution in [1.29, 1.82) is 0 Å². The second kappa shape index (κ2) is 7.37. The molecule has 0 saturated heterocycles. The van der Waals surface area contributed by atoms with Crippen molar-refractivity contribution in [3.05, 3.63) is 47.2 Å². The highest BCUT2D eigenvalue weighted by atomic mass is 19.1. The van der Waals surface area contributed by atoms with E-state index in [-0.39, 0.29) is 36.3 Å². The number of nitrogens with zero attached hydrogens (tertiary/aromatic N) is 1. The van der Waals surface area contributed by atoms with Crippen LogP contribution < -0.4 is 4.74 Å². The molecule has 1 aromatic heterocycles. The van der Waals surface area contributed by atoms with E-state index >= 15 is 0 Å². The Bertz CT molecular complexity index is 841. The Labute approximate surface area is 149 Å². The third-order valence-electron chi connectivity index (χ3n) is 4.40. The predicted molar refractivity (Wildman–Crippen MR) is 89.9 cm³/mol. The maximum absolute atomic E-state index is 14.4. The number of aliphatic hydroxyl groups is 1. The van der Waals surface area contributed by atoms with E-state index in [4.69, 9.17) is 9.47 Å². The molecule has 5 nitrogen and oxygen atoms in total. The Hall–Kier alpha value is -2.54. The predicted octanol–water partition coefficient (Wildman–Crippen LogP) is 3.14. The molecule has 1 aromatic carbocycles. The van der Waals surface area contributed by atoms with Crippen molar-refractivity contribution in [3.63, 3.8) is 0 Å². The molecule has 2 aromatic rings. The third-order valence-corrected chi connectivity index (χ3v) is 4.40. The smallest absolute Gasteiger partial charge is 0.357 e. The molecule has 2 atom stereocenters. The average molecular weight is 363 g/mol. The zero-order chi connectivity index (χ0) is 18.8. The van der Waals surface area contributed by atoms with E-state index in [1.165, 1.54) is 12.1 Å². The SMILES string of the molecule is CCOC(=O)c1cc(-c2ccc(F)cc2F)c2c(n1)O[C@H](CO)[C@H](C)C2. The number of hydrogen-bond donors (Lipinski definition) is 1. The second-order valence-corrected chi connectivity index (χ2v) is 6.20. The molecule has 0 spiro atoms. The number of fused-ring (bicyclic) bond motifs is 1. The van der Waals surface area contributed by atoms with Crippen LogP contribution in [0.15, 0.2) is 24.3 Å². The summed E-state index contributed by atoms with van der Waals surface area (Å²) in [7, 11) is 0. The number of pyridine rings is 1. The van der Waals surface area contributed by atoms with Crippen LogP contribution in [0.5, 0.6) is 5.88 Å². The van der Waals surface area contributed by atoms with Crippen molar-refractivity contribution in [2.75, 3.05) is 13.2 Å².